The number of hydrogen-bond donors (Lipinski definition) is 2. The van der Waals surface area contributed by atoms with Gasteiger partial charge in [-0.3, -0.25) is 0 Å². The first-order chi connectivity index (χ1) is 9.97. The van der Waals surface area contributed by atoms with Crippen molar-refractivity contribution < 1.29 is 9.90 Å². The van der Waals surface area contributed by atoms with Gasteiger partial charge in [-0.1, -0.05) is 29.8 Å². The molecule has 0 aromatic heterocycles. The fourth-order valence-electron chi connectivity index (χ4n) is 2.00. The van der Waals surface area contributed by atoms with Gasteiger partial charge in [0.05, 0.1) is 6.04 Å². The molecule has 4 nitrogen and oxygen atoms in total. The van der Waals surface area contributed by atoms with E-state index in [9.17, 15) is 9.90 Å². The molecule has 0 fully saturated rings. The molecule has 0 aliphatic heterocycles. The molecule has 0 saturated heterocycles. The molecular weight excluding hydrogens is 264 g/mol. The molecular formula is C17H20N2O2. The van der Waals surface area contributed by atoms with Crippen molar-refractivity contribution in [3.63, 3.8) is 0 Å². The smallest absolute Gasteiger partial charge is 0.322 e. The van der Waals surface area contributed by atoms with Gasteiger partial charge in [0.2, 0.25) is 0 Å². The van der Waals surface area contributed by atoms with Crippen LogP contribution in [0.5, 0.6) is 5.75 Å². The lowest BCUT2D eigenvalue weighted by atomic mass is 10.1. The first-order valence-electron chi connectivity index (χ1n) is 6.87. The van der Waals surface area contributed by atoms with Gasteiger partial charge in [-0.15, -0.1) is 0 Å². The Labute approximate surface area is 125 Å². The van der Waals surface area contributed by atoms with Gasteiger partial charge in [0.25, 0.3) is 0 Å². The molecule has 0 radical (unpaired) electrons. The highest BCUT2D eigenvalue weighted by Gasteiger charge is 2.17. The predicted octanol–water partition coefficient (Wildman–Crippen LogP) is 3.93. The molecule has 21 heavy (non-hydrogen) atoms. The summed E-state index contributed by atoms with van der Waals surface area (Å²) in [6, 6.07) is 14.3. The number of amides is 2. The monoisotopic (exact) mass is 284 g/mol. The number of phenols is 1. The zero-order chi connectivity index (χ0) is 15.4. The number of nitrogens with one attached hydrogen (secondary N) is 1. The van der Waals surface area contributed by atoms with Crippen LogP contribution in [0.25, 0.3) is 0 Å². The van der Waals surface area contributed by atoms with Crippen molar-refractivity contribution in [2.24, 2.45) is 0 Å². The van der Waals surface area contributed by atoms with Gasteiger partial charge in [-0.25, -0.2) is 4.79 Å². The van der Waals surface area contributed by atoms with Crippen LogP contribution in [0.1, 0.15) is 24.1 Å². The summed E-state index contributed by atoms with van der Waals surface area (Å²) in [7, 11) is 1.75. The lowest BCUT2D eigenvalue weighted by Crippen LogP contribution is -2.33. The largest absolute Gasteiger partial charge is 0.508 e. The lowest BCUT2D eigenvalue weighted by molar-refractivity contribution is 0.208. The minimum Gasteiger partial charge on any atom is -0.508 e. The Bertz CT molecular complexity index is 606. The summed E-state index contributed by atoms with van der Waals surface area (Å²) < 4.78 is 0. The summed E-state index contributed by atoms with van der Waals surface area (Å²) in [5.41, 5.74) is 2.89. The molecule has 1 atom stereocenters. The number of carbonyl (C=O) groups excluding carboxylic acids is 1. The molecule has 0 bridgehead atoms. The average molecular weight is 284 g/mol. The molecule has 2 rings (SSSR count). The molecule has 0 aliphatic carbocycles. The second-order valence-corrected chi connectivity index (χ2v) is 5.17. The van der Waals surface area contributed by atoms with E-state index in [1.807, 2.05) is 50.2 Å². The second kappa shape index (κ2) is 6.31. The van der Waals surface area contributed by atoms with Crippen molar-refractivity contribution in [2.75, 3.05) is 12.4 Å². The number of rotatable bonds is 3. The summed E-state index contributed by atoms with van der Waals surface area (Å²) in [5, 5.41) is 12.2. The van der Waals surface area contributed by atoms with Crippen LogP contribution >= 0.6 is 0 Å². The maximum absolute atomic E-state index is 12.2. The third kappa shape index (κ3) is 3.75. The van der Waals surface area contributed by atoms with Gasteiger partial charge in [0.1, 0.15) is 5.75 Å². The number of carbonyl (C=O) groups is 1. The Morgan fingerprint density at radius 3 is 2.24 bits per heavy atom. The molecule has 2 aromatic rings. The van der Waals surface area contributed by atoms with Gasteiger partial charge in [-0.05, 0) is 43.7 Å². The summed E-state index contributed by atoms with van der Waals surface area (Å²) >= 11 is 0. The predicted molar refractivity (Wildman–Crippen MR) is 84.5 cm³/mol. The number of hydrogen-bond acceptors (Lipinski definition) is 2. The highest BCUT2D eigenvalue weighted by molar-refractivity contribution is 5.89. The van der Waals surface area contributed by atoms with Crippen LogP contribution in [0, 0.1) is 6.92 Å². The molecule has 0 aliphatic rings. The zero-order valence-corrected chi connectivity index (χ0v) is 12.5. The van der Waals surface area contributed by atoms with Crippen LogP contribution in [-0.4, -0.2) is 23.1 Å². The number of aromatic hydroxyl groups is 1. The number of phenolic OH excluding ortho intramolecular Hbond substituents is 1. The first kappa shape index (κ1) is 14.9. The van der Waals surface area contributed by atoms with Crippen LogP contribution in [0.15, 0.2) is 48.5 Å². The highest BCUT2D eigenvalue weighted by Crippen LogP contribution is 2.22. The molecule has 4 heteroatoms. The van der Waals surface area contributed by atoms with E-state index in [4.69, 9.17) is 0 Å². The number of benzene rings is 2. The molecule has 2 aromatic carbocycles. The van der Waals surface area contributed by atoms with Crippen molar-refractivity contribution in [2.45, 2.75) is 19.9 Å². The van der Waals surface area contributed by atoms with Gasteiger partial charge >= 0.3 is 6.03 Å². The lowest BCUT2D eigenvalue weighted by Gasteiger charge is -2.25. The van der Waals surface area contributed by atoms with E-state index >= 15 is 0 Å². The minimum atomic E-state index is -0.167. The standard InChI is InChI=1S/C17H20N2O2/c1-12-4-8-15(9-5-12)18-17(21)19(3)13(2)14-6-10-16(20)11-7-14/h4-11,13,20H,1-3H3,(H,18,21). The topological polar surface area (TPSA) is 52.6 Å². The van der Waals surface area contributed by atoms with E-state index < -0.39 is 0 Å². The Morgan fingerprint density at radius 1 is 1.10 bits per heavy atom. The normalized spacial score (nSPS) is 11.8. The third-order valence-corrected chi connectivity index (χ3v) is 3.58. The van der Waals surface area contributed by atoms with Crippen molar-refractivity contribution in [3.05, 3.63) is 59.7 Å². The van der Waals surface area contributed by atoms with Crippen molar-refractivity contribution in [1.29, 1.82) is 0 Å². The Kier molecular flexibility index (Phi) is 4.48. The number of anilines is 1. The molecule has 110 valence electrons. The second-order valence-electron chi connectivity index (χ2n) is 5.17. The molecule has 1 unspecified atom stereocenters. The maximum Gasteiger partial charge on any atom is 0.322 e. The third-order valence-electron chi connectivity index (χ3n) is 3.58. The number of aryl methyl sites for hydroxylation is 1. The van der Waals surface area contributed by atoms with Gasteiger partial charge in [0.15, 0.2) is 0 Å². The van der Waals surface area contributed by atoms with E-state index in [0.717, 1.165) is 16.8 Å². The van der Waals surface area contributed by atoms with E-state index in [0.29, 0.717) is 0 Å². The van der Waals surface area contributed by atoms with E-state index in [2.05, 4.69) is 5.32 Å². The van der Waals surface area contributed by atoms with E-state index in [1.54, 1.807) is 24.1 Å². The fourth-order valence-corrected chi connectivity index (χ4v) is 2.00. The van der Waals surface area contributed by atoms with Crippen molar-refractivity contribution >= 4 is 11.7 Å². The Balaban J connectivity index is 2.04. The Morgan fingerprint density at radius 2 is 1.67 bits per heavy atom. The molecule has 0 heterocycles. The van der Waals surface area contributed by atoms with E-state index in [-0.39, 0.29) is 17.8 Å². The molecule has 0 saturated carbocycles. The van der Waals surface area contributed by atoms with Crippen molar-refractivity contribution in [1.82, 2.24) is 4.90 Å². The summed E-state index contributed by atoms with van der Waals surface area (Å²) in [4.78, 5) is 13.9. The molecule has 0 spiro atoms. The summed E-state index contributed by atoms with van der Waals surface area (Å²) in [6.45, 7) is 3.95. The van der Waals surface area contributed by atoms with Gasteiger partial charge in [-0.2, -0.15) is 0 Å². The SMILES string of the molecule is Cc1ccc(NC(=O)N(C)C(C)c2ccc(O)cc2)cc1. The van der Waals surface area contributed by atoms with Gasteiger partial charge in [0, 0.05) is 12.7 Å². The number of nitrogens with zero attached hydrogens (tertiary/aromatic N) is 1. The van der Waals surface area contributed by atoms with Crippen LogP contribution in [-0.2, 0) is 0 Å². The van der Waals surface area contributed by atoms with E-state index in [1.165, 1.54) is 0 Å². The van der Waals surface area contributed by atoms with Crippen LogP contribution in [0.3, 0.4) is 0 Å². The zero-order valence-electron chi connectivity index (χ0n) is 12.5. The quantitative estimate of drug-likeness (QED) is 0.897. The highest BCUT2D eigenvalue weighted by atomic mass is 16.3. The van der Waals surface area contributed by atoms with Gasteiger partial charge < -0.3 is 15.3 Å². The van der Waals surface area contributed by atoms with Crippen molar-refractivity contribution in [3.8, 4) is 5.75 Å². The average Bonchev–Trinajstić information content (AvgIpc) is 2.49. The van der Waals surface area contributed by atoms with Crippen LogP contribution in [0.2, 0.25) is 0 Å². The summed E-state index contributed by atoms with van der Waals surface area (Å²) in [5.74, 6) is 0.220. The fraction of sp³-hybridized carbons (Fsp3) is 0.235. The molecule has 2 N–H and O–H groups in total. The van der Waals surface area contributed by atoms with Crippen LogP contribution in [0.4, 0.5) is 10.5 Å². The Hall–Kier alpha value is -2.49. The first-order valence-corrected chi connectivity index (χ1v) is 6.87. The maximum atomic E-state index is 12.2. The number of urea groups is 1. The minimum absolute atomic E-state index is 0.0870. The van der Waals surface area contributed by atoms with Crippen LogP contribution < -0.4 is 5.32 Å². The summed E-state index contributed by atoms with van der Waals surface area (Å²) in [6.07, 6.45) is 0. The molecule has 2 amide bonds.